The Kier molecular flexibility index (Phi) is 3.51. The number of carbonyl (C=O) groups is 1. The van der Waals surface area contributed by atoms with Gasteiger partial charge in [-0.3, -0.25) is 4.79 Å². The molecule has 0 aromatic heterocycles. The van der Waals surface area contributed by atoms with Gasteiger partial charge in [-0.1, -0.05) is 18.2 Å². The average molecular weight is 193 g/mol. The van der Waals surface area contributed by atoms with Gasteiger partial charge in [0.25, 0.3) is 0 Å². The number of aryl methyl sites for hydroxylation is 2. The number of anilines is 1. The van der Waals surface area contributed by atoms with Crippen molar-refractivity contribution in [2.45, 2.75) is 13.8 Å². The molecular weight excluding hydrogens is 178 g/mol. The number of methoxy groups -OCH3 is 1. The molecule has 0 aliphatic carbocycles. The summed E-state index contributed by atoms with van der Waals surface area (Å²) in [4.78, 5) is 10.9. The van der Waals surface area contributed by atoms with Gasteiger partial charge in [0.15, 0.2) is 0 Å². The van der Waals surface area contributed by atoms with E-state index in [4.69, 9.17) is 0 Å². The van der Waals surface area contributed by atoms with Crippen molar-refractivity contribution in [3.8, 4) is 0 Å². The molecule has 76 valence electrons. The van der Waals surface area contributed by atoms with Gasteiger partial charge in [-0.15, -0.1) is 0 Å². The Hall–Kier alpha value is -1.51. The first-order valence-electron chi connectivity index (χ1n) is 4.52. The first-order chi connectivity index (χ1) is 6.65. The summed E-state index contributed by atoms with van der Waals surface area (Å²) in [7, 11) is 1.38. The molecule has 0 heterocycles. The van der Waals surface area contributed by atoms with Crippen LogP contribution in [0.3, 0.4) is 0 Å². The Morgan fingerprint density at radius 2 is 1.93 bits per heavy atom. The highest BCUT2D eigenvalue weighted by atomic mass is 16.5. The maximum absolute atomic E-state index is 10.9. The van der Waals surface area contributed by atoms with Crippen LogP contribution < -0.4 is 5.32 Å². The lowest BCUT2D eigenvalue weighted by Crippen LogP contribution is -2.16. The highest BCUT2D eigenvalue weighted by Gasteiger charge is 2.03. The van der Waals surface area contributed by atoms with Gasteiger partial charge < -0.3 is 10.1 Å². The molecule has 0 unspecified atom stereocenters. The molecular formula is C11H15NO2. The van der Waals surface area contributed by atoms with Crippen molar-refractivity contribution in [3.63, 3.8) is 0 Å². The Labute approximate surface area is 84.1 Å². The third-order valence-corrected chi connectivity index (χ3v) is 2.12. The second-order valence-electron chi connectivity index (χ2n) is 3.20. The van der Waals surface area contributed by atoms with Crippen molar-refractivity contribution in [2.24, 2.45) is 0 Å². The number of hydrogen-bond acceptors (Lipinski definition) is 3. The number of rotatable bonds is 3. The number of benzene rings is 1. The zero-order valence-corrected chi connectivity index (χ0v) is 8.76. The molecule has 3 nitrogen and oxygen atoms in total. The molecule has 0 fully saturated rings. The van der Waals surface area contributed by atoms with Crippen LogP contribution in [0.15, 0.2) is 18.2 Å². The SMILES string of the molecule is COC(=O)CNc1c(C)cccc1C. The number of nitrogens with one attached hydrogen (secondary N) is 1. The first kappa shape index (κ1) is 10.6. The van der Waals surface area contributed by atoms with E-state index in [0.717, 1.165) is 16.8 Å². The number of hydrogen-bond donors (Lipinski definition) is 1. The normalized spacial score (nSPS) is 9.64. The van der Waals surface area contributed by atoms with Gasteiger partial charge in [0.05, 0.1) is 7.11 Å². The summed E-state index contributed by atoms with van der Waals surface area (Å²) in [6, 6.07) is 6.01. The monoisotopic (exact) mass is 193 g/mol. The zero-order valence-electron chi connectivity index (χ0n) is 8.76. The van der Waals surface area contributed by atoms with E-state index in [1.54, 1.807) is 0 Å². The van der Waals surface area contributed by atoms with Crippen LogP contribution in [0, 0.1) is 13.8 Å². The van der Waals surface area contributed by atoms with E-state index in [0.29, 0.717) is 0 Å². The van der Waals surface area contributed by atoms with E-state index in [2.05, 4.69) is 10.1 Å². The van der Waals surface area contributed by atoms with Crippen molar-refractivity contribution in [1.82, 2.24) is 0 Å². The van der Waals surface area contributed by atoms with E-state index in [1.807, 2.05) is 32.0 Å². The fourth-order valence-corrected chi connectivity index (χ4v) is 1.33. The minimum Gasteiger partial charge on any atom is -0.468 e. The molecule has 1 N–H and O–H groups in total. The molecule has 1 aromatic rings. The van der Waals surface area contributed by atoms with Crippen LogP contribution in [0.4, 0.5) is 5.69 Å². The largest absolute Gasteiger partial charge is 0.468 e. The minimum absolute atomic E-state index is 0.211. The fourth-order valence-electron chi connectivity index (χ4n) is 1.33. The number of esters is 1. The predicted octanol–water partition coefficient (Wildman–Crippen LogP) is 1.89. The fraction of sp³-hybridized carbons (Fsp3) is 0.364. The second kappa shape index (κ2) is 4.65. The molecule has 0 bridgehead atoms. The smallest absolute Gasteiger partial charge is 0.325 e. The molecule has 3 heteroatoms. The molecule has 0 aliphatic rings. The van der Waals surface area contributed by atoms with Crippen molar-refractivity contribution < 1.29 is 9.53 Å². The Bertz CT molecular complexity index is 314. The lowest BCUT2D eigenvalue weighted by molar-refractivity contribution is -0.138. The summed E-state index contributed by atoms with van der Waals surface area (Å²) in [5.41, 5.74) is 3.28. The van der Waals surface area contributed by atoms with Crippen molar-refractivity contribution in [2.75, 3.05) is 19.0 Å². The van der Waals surface area contributed by atoms with Gasteiger partial charge in [-0.05, 0) is 25.0 Å². The lowest BCUT2D eigenvalue weighted by atomic mass is 10.1. The highest BCUT2D eigenvalue weighted by Crippen LogP contribution is 2.18. The van der Waals surface area contributed by atoms with E-state index >= 15 is 0 Å². The Morgan fingerprint density at radius 1 is 1.36 bits per heavy atom. The van der Waals surface area contributed by atoms with Crippen LogP contribution >= 0.6 is 0 Å². The molecule has 1 rings (SSSR count). The van der Waals surface area contributed by atoms with Gasteiger partial charge >= 0.3 is 5.97 Å². The van der Waals surface area contributed by atoms with Gasteiger partial charge in [-0.25, -0.2) is 0 Å². The van der Waals surface area contributed by atoms with Crippen LogP contribution in [0.5, 0.6) is 0 Å². The van der Waals surface area contributed by atoms with Crippen molar-refractivity contribution in [3.05, 3.63) is 29.3 Å². The molecule has 0 saturated heterocycles. The van der Waals surface area contributed by atoms with Crippen molar-refractivity contribution in [1.29, 1.82) is 0 Å². The molecule has 0 amide bonds. The van der Waals surface area contributed by atoms with Gasteiger partial charge in [0.2, 0.25) is 0 Å². The maximum atomic E-state index is 10.9. The standard InChI is InChI=1S/C11H15NO2/c1-8-5-4-6-9(2)11(8)12-7-10(13)14-3/h4-6,12H,7H2,1-3H3. The van der Waals surface area contributed by atoms with E-state index < -0.39 is 0 Å². The Morgan fingerprint density at radius 3 is 2.43 bits per heavy atom. The summed E-state index contributed by atoms with van der Waals surface area (Å²) >= 11 is 0. The summed E-state index contributed by atoms with van der Waals surface area (Å²) in [5.74, 6) is -0.257. The average Bonchev–Trinajstić information content (AvgIpc) is 2.16. The number of ether oxygens (including phenoxy) is 1. The predicted molar refractivity (Wildman–Crippen MR) is 56.4 cm³/mol. The summed E-state index contributed by atoms with van der Waals surface area (Å²) in [5, 5.41) is 3.06. The van der Waals surface area contributed by atoms with Gasteiger partial charge in [0, 0.05) is 5.69 Å². The number of carbonyl (C=O) groups excluding carboxylic acids is 1. The second-order valence-corrected chi connectivity index (χ2v) is 3.20. The first-order valence-corrected chi connectivity index (χ1v) is 4.52. The minimum atomic E-state index is -0.257. The molecule has 14 heavy (non-hydrogen) atoms. The van der Waals surface area contributed by atoms with Crippen LogP contribution in [0.1, 0.15) is 11.1 Å². The zero-order chi connectivity index (χ0) is 10.6. The Balaban J connectivity index is 2.71. The third-order valence-electron chi connectivity index (χ3n) is 2.12. The van der Waals surface area contributed by atoms with Crippen LogP contribution in [-0.2, 0) is 9.53 Å². The van der Waals surface area contributed by atoms with E-state index in [1.165, 1.54) is 7.11 Å². The molecule has 0 aliphatic heterocycles. The van der Waals surface area contributed by atoms with Crippen LogP contribution in [0.2, 0.25) is 0 Å². The lowest BCUT2D eigenvalue weighted by Gasteiger charge is -2.11. The van der Waals surface area contributed by atoms with Crippen molar-refractivity contribution >= 4 is 11.7 Å². The van der Waals surface area contributed by atoms with Gasteiger partial charge in [0.1, 0.15) is 6.54 Å². The molecule has 0 spiro atoms. The molecule has 0 radical (unpaired) electrons. The quantitative estimate of drug-likeness (QED) is 0.745. The number of para-hydroxylation sites is 1. The van der Waals surface area contributed by atoms with E-state index in [-0.39, 0.29) is 12.5 Å². The van der Waals surface area contributed by atoms with Crippen LogP contribution in [-0.4, -0.2) is 19.6 Å². The van der Waals surface area contributed by atoms with Gasteiger partial charge in [-0.2, -0.15) is 0 Å². The highest BCUT2D eigenvalue weighted by molar-refractivity contribution is 5.75. The topological polar surface area (TPSA) is 38.3 Å². The summed E-state index contributed by atoms with van der Waals surface area (Å²) < 4.78 is 4.55. The van der Waals surface area contributed by atoms with E-state index in [9.17, 15) is 4.79 Å². The molecule has 1 aromatic carbocycles. The molecule has 0 atom stereocenters. The third kappa shape index (κ3) is 2.49. The molecule has 0 saturated carbocycles. The summed E-state index contributed by atoms with van der Waals surface area (Å²) in [6.45, 7) is 4.22. The van der Waals surface area contributed by atoms with Crippen LogP contribution in [0.25, 0.3) is 0 Å². The maximum Gasteiger partial charge on any atom is 0.325 e. The summed E-state index contributed by atoms with van der Waals surface area (Å²) in [6.07, 6.45) is 0.